The van der Waals surface area contributed by atoms with E-state index in [-0.39, 0.29) is 0 Å². The van der Waals surface area contributed by atoms with Gasteiger partial charge < -0.3 is 5.73 Å². The molecule has 0 amide bonds. The smallest absolute Gasteiger partial charge is 0.0571 e. The summed E-state index contributed by atoms with van der Waals surface area (Å²) in [5.74, 6) is 0. The molecule has 0 aromatic carbocycles. The monoisotopic (exact) mass is 221 g/mol. The van der Waals surface area contributed by atoms with Crippen molar-refractivity contribution < 1.29 is 0 Å². The zero-order chi connectivity index (χ0) is 10.8. The van der Waals surface area contributed by atoms with E-state index in [1.165, 1.54) is 21.7 Å². The summed E-state index contributed by atoms with van der Waals surface area (Å²) in [6.45, 7) is 5.71. The lowest BCUT2D eigenvalue weighted by molar-refractivity contribution is 0.640. The molecule has 0 saturated carbocycles. The van der Waals surface area contributed by atoms with Crippen molar-refractivity contribution in [2.75, 3.05) is 0 Å². The van der Waals surface area contributed by atoms with E-state index in [0.717, 1.165) is 6.54 Å². The van der Waals surface area contributed by atoms with Gasteiger partial charge in [0.05, 0.1) is 6.20 Å². The standard InChI is InChI=1S/C11H15N3S/c1-3-14-8(2)10(7-13-14)9-4-5-15-11(9)6-12/h4-5,7H,3,6,12H2,1-2H3. The third-order valence-corrected chi connectivity index (χ3v) is 3.57. The summed E-state index contributed by atoms with van der Waals surface area (Å²) in [6, 6.07) is 2.12. The Balaban J connectivity index is 2.49. The van der Waals surface area contributed by atoms with Gasteiger partial charge in [0.2, 0.25) is 0 Å². The fourth-order valence-electron chi connectivity index (χ4n) is 1.77. The number of rotatable bonds is 3. The predicted octanol–water partition coefficient (Wildman–Crippen LogP) is 2.40. The number of nitrogens with zero attached hydrogens (tertiary/aromatic N) is 2. The summed E-state index contributed by atoms with van der Waals surface area (Å²) < 4.78 is 2.01. The third-order valence-electron chi connectivity index (χ3n) is 2.62. The Hall–Kier alpha value is -1.13. The molecule has 4 heteroatoms. The van der Waals surface area contributed by atoms with Crippen LogP contribution in [0.5, 0.6) is 0 Å². The van der Waals surface area contributed by atoms with Gasteiger partial charge >= 0.3 is 0 Å². The fraction of sp³-hybridized carbons (Fsp3) is 0.364. The fourth-order valence-corrected chi connectivity index (χ4v) is 2.54. The van der Waals surface area contributed by atoms with Crippen molar-refractivity contribution in [1.29, 1.82) is 0 Å². The molecular weight excluding hydrogens is 206 g/mol. The Morgan fingerprint density at radius 3 is 2.87 bits per heavy atom. The average Bonchev–Trinajstić information content (AvgIpc) is 2.83. The number of aromatic nitrogens is 2. The van der Waals surface area contributed by atoms with Gasteiger partial charge in [-0.15, -0.1) is 11.3 Å². The highest BCUT2D eigenvalue weighted by molar-refractivity contribution is 7.10. The largest absolute Gasteiger partial charge is 0.326 e. The molecule has 0 aliphatic rings. The first kappa shape index (κ1) is 10.4. The molecule has 0 spiro atoms. The highest BCUT2D eigenvalue weighted by atomic mass is 32.1. The molecule has 0 aliphatic heterocycles. The SMILES string of the molecule is CCn1ncc(-c2ccsc2CN)c1C. The first-order valence-electron chi connectivity index (χ1n) is 5.07. The van der Waals surface area contributed by atoms with Crippen molar-refractivity contribution in [3.63, 3.8) is 0 Å². The first-order valence-corrected chi connectivity index (χ1v) is 5.95. The van der Waals surface area contributed by atoms with Crippen LogP contribution < -0.4 is 5.73 Å². The van der Waals surface area contributed by atoms with Gasteiger partial charge in [-0.2, -0.15) is 5.10 Å². The maximum absolute atomic E-state index is 5.71. The second-order valence-corrected chi connectivity index (χ2v) is 4.42. The Kier molecular flexibility index (Phi) is 2.88. The Morgan fingerprint density at radius 1 is 1.47 bits per heavy atom. The van der Waals surface area contributed by atoms with Gasteiger partial charge in [-0.25, -0.2) is 0 Å². The van der Waals surface area contributed by atoms with E-state index in [0.29, 0.717) is 6.54 Å². The summed E-state index contributed by atoms with van der Waals surface area (Å²) in [5.41, 5.74) is 9.36. The molecule has 80 valence electrons. The van der Waals surface area contributed by atoms with Crippen LogP contribution >= 0.6 is 11.3 Å². The minimum atomic E-state index is 0.601. The topological polar surface area (TPSA) is 43.8 Å². The second kappa shape index (κ2) is 4.16. The van der Waals surface area contributed by atoms with Crippen LogP contribution in [-0.4, -0.2) is 9.78 Å². The molecule has 2 heterocycles. The number of aryl methyl sites for hydroxylation is 1. The van der Waals surface area contributed by atoms with Crippen molar-refractivity contribution in [2.24, 2.45) is 5.73 Å². The van der Waals surface area contributed by atoms with Gasteiger partial charge in [-0.1, -0.05) is 0 Å². The van der Waals surface area contributed by atoms with Crippen LogP contribution in [0.25, 0.3) is 11.1 Å². The van der Waals surface area contributed by atoms with E-state index < -0.39 is 0 Å². The lowest BCUT2D eigenvalue weighted by Crippen LogP contribution is -1.99. The highest BCUT2D eigenvalue weighted by Gasteiger charge is 2.11. The minimum Gasteiger partial charge on any atom is -0.326 e. The van der Waals surface area contributed by atoms with Crippen LogP contribution in [0, 0.1) is 6.92 Å². The number of hydrogen-bond acceptors (Lipinski definition) is 3. The quantitative estimate of drug-likeness (QED) is 0.865. The van der Waals surface area contributed by atoms with E-state index in [1.54, 1.807) is 11.3 Å². The van der Waals surface area contributed by atoms with E-state index in [1.807, 2.05) is 10.9 Å². The molecule has 0 unspecified atom stereocenters. The van der Waals surface area contributed by atoms with Gasteiger partial charge in [0.15, 0.2) is 0 Å². The second-order valence-electron chi connectivity index (χ2n) is 3.42. The zero-order valence-corrected chi connectivity index (χ0v) is 9.84. The van der Waals surface area contributed by atoms with E-state index in [4.69, 9.17) is 5.73 Å². The molecular formula is C11H15N3S. The molecule has 0 saturated heterocycles. The molecule has 3 nitrogen and oxygen atoms in total. The first-order chi connectivity index (χ1) is 7.27. The van der Waals surface area contributed by atoms with Gasteiger partial charge in [0.1, 0.15) is 0 Å². The van der Waals surface area contributed by atoms with Gasteiger partial charge in [-0.3, -0.25) is 4.68 Å². The van der Waals surface area contributed by atoms with Crippen molar-refractivity contribution in [3.8, 4) is 11.1 Å². The summed E-state index contributed by atoms with van der Waals surface area (Å²) in [5, 5.41) is 6.43. The molecule has 2 aromatic heterocycles. The number of nitrogens with two attached hydrogens (primary N) is 1. The maximum atomic E-state index is 5.71. The van der Waals surface area contributed by atoms with Crippen molar-refractivity contribution >= 4 is 11.3 Å². The van der Waals surface area contributed by atoms with Crippen LogP contribution in [0.4, 0.5) is 0 Å². The van der Waals surface area contributed by atoms with Crippen LogP contribution in [0.2, 0.25) is 0 Å². The molecule has 15 heavy (non-hydrogen) atoms. The molecule has 0 atom stereocenters. The van der Waals surface area contributed by atoms with Crippen molar-refractivity contribution in [3.05, 3.63) is 28.2 Å². The molecule has 0 aliphatic carbocycles. The minimum absolute atomic E-state index is 0.601. The van der Waals surface area contributed by atoms with Gasteiger partial charge in [0.25, 0.3) is 0 Å². The molecule has 2 N–H and O–H groups in total. The number of thiophene rings is 1. The Bertz CT molecular complexity index is 456. The highest BCUT2D eigenvalue weighted by Crippen LogP contribution is 2.30. The summed E-state index contributed by atoms with van der Waals surface area (Å²) in [6.07, 6.45) is 1.93. The molecule has 2 aromatic rings. The van der Waals surface area contributed by atoms with E-state index in [9.17, 15) is 0 Å². The summed E-state index contributed by atoms with van der Waals surface area (Å²) >= 11 is 1.71. The third kappa shape index (κ3) is 1.70. The maximum Gasteiger partial charge on any atom is 0.0571 e. The van der Waals surface area contributed by atoms with Crippen LogP contribution in [-0.2, 0) is 13.1 Å². The van der Waals surface area contributed by atoms with Crippen LogP contribution in [0.15, 0.2) is 17.6 Å². The Morgan fingerprint density at radius 2 is 2.27 bits per heavy atom. The van der Waals surface area contributed by atoms with E-state index >= 15 is 0 Å². The number of hydrogen-bond donors (Lipinski definition) is 1. The van der Waals surface area contributed by atoms with Crippen LogP contribution in [0.1, 0.15) is 17.5 Å². The summed E-state index contributed by atoms with van der Waals surface area (Å²) in [7, 11) is 0. The lowest BCUT2D eigenvalue weighted by Gasteiger charge is -2.02. The summed E-state index contributed by atoms with van der Waals surface area (Å²) in [4.78, 5) is 1.23. The van der Waals surface area contributed by atoms with Crippen molar-refractivity contribution in [1.82, 2.24) is 9.78 Å². The molecule has 0 bridgehead atoms. The van der Waals surface area contributed by atoms with Gasteiger partial charge in [0, 0.05) is 34.8 Å². The van der Waals surface area contributed by atoms with E-state index in [2.05, 4.69) is 30.4 Å². The van der Waals surface area contributed by atoms with Gasteiger partial charge in [-0.05, 0) is 25.3 Å². The zero-order valence-electron chi connectivity index (χ0n) is 9.03. The molecule has 0 fully saturated rings. The average molecular weight is 221 g/mol. The van der Waals surface area contributed by atoms with Crippen molar-refractivity contribution in [2.45, 2.75) is 26.9 Å². The van der Waals surface area contributed by atoms with Crippen LogP contribution in [0.3, 0.4) is 0 Å². The Labute approximate surface area is 93.5 Å². The lowest BCUT2D eigenvalue weighted by atomic mass is 10.1. The molecule has 0 radical (unpaired) electrons. The normalized spacial score (nSPS) is 10.9. The molecule has 2 rings (SSSR count). The predicted molar refractivity (Wildman–Crippen MR) is 63.8 cm³/mol.